The summed E-state index contributed by atoms with van der Waals surface area (Å²) in [5, 5.41) is 8.77. The molecule has 5 nitrogen and oxygen atoms in total. The molecule has 3 heterocycles. The molecule has 0 bridgehead atoms. The SMILES string of the molecule is CC(C)(C)c1ccnc(-c2[c-]cccc2)n1.CC(C)c1cc(-c2ccccc2)cc(C(C)C)c1-n1c(-c2[c-]ccc3c2oc2cc4c(ccc5c([Si](C)(C)C)cccc54)cc23)nc2ccccc21.[Ir]. The molecule has 0 N–H and O–H groups in total. The minimum atomic E-state index is -1.54. The zero-order valence-electron chi connectivity index (χ0n) is 41.2. The maximum atomic E-state index is 6.94. The first-order valence-electron chi connectivity index (χ1n) is 23.9. The molecule has 347 valence electrons. The van der Waals surface area contributed by atoms with Crippen molar-refractivity contribution in [2.45, 2.75) is 85.4 Å². The van der Waals surface area contributed by atoms with E-state index in [4.69, 9.17) is 9.40 Å². The summed E-state index contributed by atoms with van der Waals surface area (Å²) in [5.41, 5.74) is 12.9. The summed E-state index contributed by atoms with van der Waals surface area (Å²) in [6.07, 6.45) is 1.81. The van der Waals surface area contributed by atoms with Gasteiger partial charge in [0.05, 0.1) is 36.3 Å². The monoisotopic (exact) mass is 1100 g/mol. The zero-order valence-corrected chi connectivity index (χ0v) is 44.6. The molecular formula is C62H58IrN4OSi-2. The average molecular weight is 1100 g/mol. The summed E-state index contributed by atoms with van der Waals surface area (Å²) < 4.78 is 9.32. The van der Waals surface area contributed by atoms with E-state index in [1.54, 1.807) is 0 Å². The molecule has 0 fully saturated rings. The van der Waals surface area contributed by atoms with Gasteiger partial charge in [-0.1, -0.05) is 157 Å². The topological polar surface area (TPSA) is 56.7 Å². The summed E-state index contributed by atoms with van der Waals surface area (Å²) in [6, 6.07) is 60.6. The Morgan fingerprint density at radius 1 is 0.609 bits per heavy atom. The first-order valence-corrected chi connectivity index (χ1v) is 27.4. The van der Waals surface area contributed by atoms with E-state index in [1.165, 1.54) is 54.7 Å². The summed E-state index contributed by atoms with van der Waals surface area (Å²) in [4.78, 5) is 14.2. The first-order chi connectivity index (χ1) is 32.7. The number of furan rings is 1. The number of rotatable bonds is 7. The molecule has 0 aliphatic rings. The second-order valence-corrected chi connectivity index (χ2v) is 25.8. The summed E-state index contributed by atoms with van der Waals surface area (Å²) in [6.45, 7) is 22.9. The van der Waals surface area contributed by atoms with E-state index >= 15 is 0 Å². The van der Waals surface area contributed by atoms with Crippen LogP contribution in [0.2, 0.25) is 19.6 Å². The van der Waals surface area contributed by atoms with E-state index in [1.807, 2.05) is 42.6 Å². The molecule has 11 aromatic rings. The Hall–Kier alpha value is -6.50. The van der Waals surface area contributed by atoms with Crippen LogP contribution in [-0.4, -0.2) is 27.6 Å². The number of aromatic nitrogens is 4. The van der Waals surface area contributed by atoms with Gasteiger partial charge in [0.2, 0.25) is 0 Å². The molecule has 0 saturated carbocycles. The van der Waals surface area contributed by atoms with Crippen molar-refractivity contribution in [2.24, 2.45) is 0 Å². The van der Waals surface area contributed by atoms with Gasteiger partial charge in [0, 0.05) is 48.5 Å². The second kappa shape index (κ2) is 18.8. The maximum Gasteiger partial charge on any atom is 0.121 e. The Morgan fingerprint density at radius 2 is 1.33 bits per heavy atom. The van der Waals surface area contributed by atoms with Crippen molar-refractivity contribution < 1.29 is 24.5 Å². The molecule has 1 radical (unpaired) electrons. The molecule has 0 atom stereocenters. The van der Waals surface area contributed by atoms with Crippen LogP contribution >= 0.6 is 0 Å². The third-order valence-electron chi connectivity index (χ3n) is 13.1. The fraction of sp³-hybridized carbons (Fsp3) is 0.210. The van der Waals surface area contributed by atoms with Crippen molar-refractivity contribution in [3.8, 4) is 39.6 Å². The van der Waals surface area contributed by atoms with E-state index in [0.717, 1.165) is 61.4 Å². The maximum absolute atomic E-state index is 6.94. The van der Waals surface area contributed by atoms with E-state index in [9.17, 15) is 0 Å². The van der Waals surface area contributed by atoms with Crippen LogP contribution in [-0.2, 0) is 25.5 Å². The van der Waals surface area contributed by atoms with Crippen molar-refractivity contribution in [3.63, 3.8) is 0 Å². The number of para-hydroxylation sites is 2. The number of fused-ring (bicyclic) bond motifs is 7. The molecule has 11 rings (SSSR count). The Bertz CT molecular complexity index is 3620. The van der Waals surface area contributed by atoms with Crippen LogP contribution in [0.1, 0.15) is 77.1 Å². The van der Waals surface area contributed by atoms with Crippen molar-refractivity contribution in [3.05, 3.63) is 187 Å². The van der Waals surface area contributed by atoms with Crippen LogP contribution in [0.5, 0.6) is 0 Å². The Morgan fingerprint density at radius 3 is 2.03 bits per heavy atom. The van der Waals surface area contributed by atoms with E-state index in [2.05, 4.69) is 210 Å². The number of hydrogen-bond donors (Lipinski definition) is 0. The zero-order chi connectivity index (χ0) is 47.5. The van der Waals surface area contributed by atoms with Crippen LogP contribution in [0.3, 0.4) is 0 Å². The predicted octanol–water partition coefficient (Wildman–Crippen LogP) is 16.4. The van der Waals surface area contributed by atoms with Crippen LogP contribution in [0, 0.1) is 12.1 Å². The van der Waals surface area contributed by atoms with Gasteiger partial charge in [-0.2, -0.15) is 0 Å². The Labute approximate surface area is 421 Å². The summed E-state index contributed by atoms with van der Waals surface area (Å²) >= 11 is 0. The van der Waals surface area contributed by atoms with Gasteiger partial charge in [-0.25, -0.2) is 0 Å². The van der Waals surface area contributed by atoms with Gasteiger partial charge in [-0.3, -0.25) is 15.0 Å². The number of imidazole rings is 1. The van der Waals surface area contributed by atoms with Crippen molar-refractivity contribution in [2.75, 3.05) is 0 Å². The molecule has 0 aliphatic carbocycles. The minimum absolute atomic E-state index is 0. The largest absolute Gasteiger partial charge is 0.501 e. The summed E-state index contributed by atoms with van der Waals surface area (Å²) in [5.74, 6) is 2.14. The minimum Gasteiger partial charge on any atom is -0.501 e. The van der Waals surface area contributed by atoms with Gasteiger partial charge in [0.1, 0.15) is 5.58 Å². The molecular weight excluding hydrogens is 1040 g/mol. The molecule has 69 heavy (non-hydrogen) atoms. The van der Waals surface area contributed by atoms with Crippen LogP contribution in [0.15, 0.2) is 162 Å². The van der Waals surface area contributed by atoms with Crippen molar-refractivity contribution >= 4 is 67.8 Å². The third kappa shape index (κ3) is 9.00. The van der Waals surface area contributed by atoms with Crippen LogP contribution in [0.25, 0.3) is 94.1 Å². The third-order valence-corrected chi connectivity index (χ3v) is 15.2. The van der Waals surface area contributed by atoms with Gasteiger partial charge in [-0.05, 0) is 98.1 Å². The van der Waals surface area contributed by atoms with Gasteiger partial charge >= 0.3 is 0 Å². The standard InChI is InChI=1S/C48H43N2OSi.C14H15N2.Ir/c1-29(2)38-26-33(31-15-9-8-10-16-31)27-39(30(3)4)46(38)50-43-21-12-11-20-42(43)49-48(50)37-19-13-18-36-41-25-32-23-24-35-34(17-14-22-45(35)52(5,6)7)40(32)28-44(41)51-47(36)37;1-14(2,3)12-9-10-15-13(16-12)11-7-5-4-6-8-11;/h8-18,20-30H,1-7H3;4-7,9-10H,1-3H3;/q2*-1;. The van der Waals surface area contributed by atoms with Crippen molar-refractivity contribution in [1.29, 1.82) is 0 Å². The average Bonchev–Trinajstić information content (AvgIpc) is 3.91. The molecule has 0 spiro atoms. The van der Waals surface area contributed by atoms with E-state index in [0.29, 0.717) is 0 Å². The second-order valence-electron chi connectivity index (χ2n) is 20.7. The molecule has 3 aromatic heterocycles. The molecule has 8 aromatic carbocycles. The van der Waals surface area contributed by atoms with Gasteiger partial charge in [0.25, 0.3) is 0 Å². The predicted molar refractivity (Wildman–Crippen MR) is 289 cm³/mol. The molecule has 0 aliphatic heterocycles. The number of hydrogen-bond acceptors (Lipinski definition) is 4. The Balaban J connectivity index is 0.000000296. The normalized spacial score (nSPS) is 12.1. The fourth-order valence-corrected chi connectivity index (χ4v) is 11.2. The first kappa shape index (κ1) is 47.6. The smallest absolute Gasteiger partial charge is 0.121 e. The van der Waals surface area contributed by atoms with Crippen LogP contribution < -0.4 is 5.19 Å². The molecule has 7 heteroatoms. The van der Waals surface area contributed by atoms with Crippen LogP contribution in [0.4, 0.5) is 0 Å². The molecule has 0 amide bonds. The Kier molecular flexibility index (Phi) is 12.9. The number of benzene rings is 8. The quantitative estimate of drug-likeness (QED) is 0.0907. The van der Waals surface area contributed by atoms with Gasteiger partial charge in [-0.15, -0.1) is 54.1 Å². The van der Waals surface area contributed by atoms with E-state index in [-0.39, 0.29) is 37.4 Å². The molecule has 0 unspecified atom stereocenters. The fourth-order valence-electron chi connectivity index (χ4n) is 9.62. The van der Waals surface area contributed by atoms with E-state index < -0.39 is 8.07 Å². The van der Waals surface area contributed by atoms with Gasteiger partial charge in [0.15, 0.2) is 0 Å². The van der Waals surface area contributed by atoms with Gasteiger partial charge < -0.3 is 8.98 Å². The molecule has 0 saturated heterocycles. The summed E-state index contributed by atoms with van der Waals surface area (Å²) in [7, 11) is -1.54. The number of nitrogens with zero attached hydrogens (tertiary/aromatic N) is 4. The van der Waals surface area contributed by atoms with Crippen molar-refractivity contribution in [1.82, 2.24) is 19.5 Å².